The van der Waals surface area contributed by atoms with Crippen LogP contribution in [0.2, 0.25) is 0 Å². The zero-order chi connectivity index (χ0) is 14.6. The van der Waals surface area contributed by atoms with Crippen LogP contribution >= 0.6 is 0 Å². The third-order valence-corrected chi connectivity index (χ3v) is 3.77. The Morgan fingerprint density at radius 1 is 1.25 bits per heavy atom. The summed E-state index contributed by atoms with van der Waals surface area (Å²) in [5.41, 5.74) is 2.74. The van der Waals surface area contributed by atoms with Crippen LogP contribution in [0.4, 0.5) is 0 Å². The third-order valence-electron chi connectivity index (χ3n) is 3.77. The van der Waals surface area contributed by atoms with Gasteiger partial charge in [0.25, 0.3) is 0 Å². The van der Waals surface area contributed by atoms with Crippen molar-refractivity contribution in [3.05, 3.63) is 29.3 Å². The number of benzene rings is 1. The molecule has 0 amide bonds. The van der Waals surface area contributed by atoms with E-state index < -0.39 is 0 Å². The fourth-order valence-electron chi connectivity index (χ4n) is 2.83. The minimum atomic E-state index is -0.0305. The minimum Gasteiger partial charge on any atom is -0.487 e. The summed E-state index contributed by atoms with van der Waals surface area (Å²) in [7, 11) is 0. The van der Waals surface area contributed by atoms with Gasteiger partial charge in [-0.05, 0) is 63.2 Å². The molecule has 112 valence electrons. The van der Waals surface area contributed by atoms with Gasteiger partial charge in [0.15, 0.2) is 0 Å². The van der Waals surface area contributed by atoms with E-state index in [2.05, 4.69) is 51.2 Å². The van der Waals surface area contributed by atoms with Crippen molar-refractivity contribution in [2.45, 2.75) is 59.0 Å². The molecule has 1 aliphatic rings. The first-order chi connectivity index (χ1) is 9.48. The van der Waals surface area contributed by atoms with Gasteiger partial charge in [0.2, 0.25) is 0 Å². The Labute approximate surface area is 123 Å². The highest BCUT2D eigenvalue weighted by molar-refractivity contribution is 5.45. The zero-order valence-electron chi connectivity index (χ0n) is 13.5. The summed E-state index contributed by atoms with van der Waals surface area (Å²) in [6.45, 7) is 11.1. The summed E-state index contributed by atoms with van der Waals surface area (Å²) in [5.74, 6) is 1.90. The summed E-state index contributed by atoms with van der Waals surface area (Å²) >= 11 is 0. The predicted molar refractivity (Wildman–Crippen MR) is 85.5 cm³/mol. The van der Waals surface area contributed by atoms with Crippen LogP contribution < -0.4 is 10.1 Å². The van der Waals surface area contributed by atoms with Gasteiger partial charge in [0.05, 0.1) is 0 Å². The number of hydrogen-bond donors (Lipinski definition) is 1. The second-order valence-corrected chi connectivity index (χ2v) is 7.00. The van der Waals surface area contributed by atoms with E-state index in [-0.39, 0.29) is 5.60 Å². The van der Waals surface area contributed by atoms with Gasteiger partial charge in [-0.25, -0.2) is 0 Å². The Bertz CT molecular complexity index is 437. The number of rotatable bonds is 7. The molecule has 1 aromatic rings. The largest absolute Gasteiger partial charge is 0.487 e. The summed E-state index contributed by atoms with van der Waals surface area (Å²) in [6.07, 6.45) is 4.62. The molecule has 0 spiro atoms. The van der Waals surface area contributed by atoms with Gasteiger partial charge in [-0.2, -0.15) is 0 Å². The van der Waals surface area contributed by atoms with E-state index in [4.69, 9.17) is 4.74 Å². The first-order valence-electron chi connectivity index (χ1n) is 7.98. The molecular weight excluding hydrogens is 246 g/mol. The molecule has 2 rings (SSSR count). The monoisotopic (exact) mass is 275 g/mol. The molecule has 1 aliphatic heterocycles. The van der Waals surface area contributed by atoms with Gasteiger partial charge in [-0.15, -0.1) is 0 Å². The van der Waals surface area contributed by atoms with Gasteiger partial charge in [-0.1, -0.05) is 32.0 Å². The maximum Gasteiger partial charge on any atom is 0.126 e. The van der Waals surface area contributed by atoms with Crippen molar-refractivity contribution in [1.29, 1.82) is 0 Å². The molecule has 0 aromatic heterocycles. The minimum absolute atomic E-state index is 0.0305. The molecule has 1 aromatic carbocycles. The number of unbranched alkanes of at least 4 members (excludes halogenated alkanes) is 1. The van der Waals surface area contributed by atoms with Crippen LogP contribution in [0.1, 0.15) is 51.7 Å². The topological polar surface area (TPSA) is 21.3 Å². The van der Waals surface area contributed by atoms with E-state index in [1.807, 2.05) is 0 Å². The number of fused-ring (bicyclic) bond motifs is 1. The fraction of sp³-hybridized carbons (Fsp3) is 0.667. The normalized spacial score (nSPS) is 16.2. The first kappa shape index (κ1) is 15.4. The van der Waals surface area contributed by atoms with Gasteiger partial charge in [0.1, 0.15) is 11.4 Å². The first-order valence-corrected chi connectivity index (χ1v) is 7.98. The zero-order valence-corrected chi connectivity index (χ0v) is 13.5. The SMILES string of the molecule is CC(C)CNCCCCc1cccc2c1OC(C)(C)C2. The number of hydrogen-bond acceptors (Lipinski definition) is 2. The lowest BCUT2D eigenvalue weighted by molar-refractivity contribution is 0.137. The molecule has 0 saturated heterocycles. The predicted octanol–water partition coefficient (Wildman–Crippen LogP) is 3.97. The molecule has 0 aliphatic carbocycles. The quantitative estimate of drug-likeness (QED) is 0.760. The maximum atomic E-state index is 6.12. The Kier molecular flexibility index (Phi) is 5.09. The molecule has 2 heteroatoms. The van der Waals surface area contributed by atoms with E-state index in [0.717, 1.165) is 37.6 Å². The number of para-hydroxylation sites is 1. The molecule has 1 heterocycles. The number of ether oxygens (including phenoxy) is 1. The lowest BCUT2D eigenvalue weighted by Gasteiger charge is -2.18. The highest BCUT2D eigenvalue weighted by Crippen LogP contribution is 2.37. The Morgan fingerprint density at radius 2 is 2.05 bits per heavy atom. The molecular formula is C18H29NO. The lowest BCUT2D eigenvalue weighted by Crippen LogP contribution is -2.24. The molecule has 0 fully saturated rings. The van der Waals surface area contributed by atoms with Crippen LogP contribution in [0, 0.1) is 5.92 Å². The van der Waals surface area contributed by atoms with Crippen molar-refractivity contribution in [1.82, 2.24) is 5.32 Å². The van der Waals surface area contributed by atoms with Crippen LogP contribution in [-0.2, 0) is 12.8 Å². The Balaban J connectivity index is 1.79. The van der Waals surface area contributed by atoms with Crippen LogP contribution in [0.25, 0.3) is 0 Å². The summed E-state index contributed by atoms with van der Waals surface area (Å²) in [5, 5.41) is 3.51. The average molecular weight is 275 g/mol. The van der Waals surface area contributed by atoms with Crippen molar-refractivity contribution < 1.29 is 4.74 Å². The molecule has 0 unspecified atom stereocenters. The molecule has 20 heavy (non-hydrogen) atoms. The van der Waals surface area contributed by atoms with Crippen LogP contribution in [0.3, 0.4) is 0 Å². The molecule has 1 N–H and O–H groups in total. The van der Waals surface area contributed by atoms with Crippen molar-refractivity contribution in [2.24, 2.45) is 5.92 Å². The second-order valence-electron chi connectivity index (χ2n) is 7.00. The smallest absolute Gasteiger partial charge is 0.126 e. The summed E-state index contributed by atoms with van der Waals surface area (Å²) in [6, 6.07) is 6.61. The van der Waals surface area contributed by atoms with E-state index in [1.165, 1.54) is 24.0 Å². The van der Waals surface area contributed by atoms with Gasteiger partial charge < -0.3 is 10.1 Å². The summed E-state index contributed by atoms with van der Waals surface area (Å²) in [4.78, 5) is 0. The maximum absolute atomic E-state index is 6.12. The molecule has 0 radical (unpaired) electrons. The second kappa shape index (κ2) is 6.62. The van der Waals surface area contributed by atoms with E-state index >= 15 is 0 Å². The molecule has 0 bridgehead atoms. The van der Waals surface area contributed by atoms with Crippen molar-refractivity contribution >= 4 is 0 Å². The Hall–Kier alpha value is -1.02. The van der Waals surface area contributed by atoms with Crippen LogP contribution in [-0.4, -0.2) is 18.7 Å². The Morgan fingerprint density at radius 3 is 2.80 bits per heavy atom. The number of aryl methyl sites for hydroxylation is 1. The van der Waals surface area contributed by atoms with Crippen LogP contribution in [0.5, 0.6) is 5.75 Å². The molecule has 2 nitrogen and oxygen atoms in total. The fourth-order valence-corrected chi connectivity index (χ4v) is 2.83. The third kappa shape index (κ3) is 4.24. The number of nitrogens with one attached hydrogen (secondary N) is 1. The van der Waals surface area contributed by atoms with Crippen LogP contribution in [0.15, 0.2) is 18.2 Å². The van der Waals surface area contributed by atoms with E-state index in [0.29, 0.717) is 0 Å². The van der Waals surface area contributed by atoms with Gasteiger partial charge in [-0.3, -0.25) is 0 Å². The molecule has 0 atom stereocenters. The van der Waals surface area contributed by atoms with Crippen molar-refractivity contribution in [2.75, 3.05) is 13.1 Å². The van der Waals surface area contributed by atoms with Crippen molar-refractivity contribution in [3.63, 3.8) is 0 Å². The van der Waals surface area contributed by atoms with Gasteiger partial charge >= 0.3 is 0 Å². The highest BCUT2D eigenvalue weighted by Gasteiger charge is 2.31. The lowest BCUT2D eigenvalue weighted by atomic mass is 9.99. The summed E-state index contributed by atoms with van der Waals surface area (Å²) < 4.78 is 6.12. The van der Waals surface area contributed by atoms with E-state index in [9.17, 15) is 0 Å². The molecule has 0 saturated carbocycles. The van der Waals surface area contributed by atoms with E-state index in [1.54, 1.807) is 0 Å². The van der Waals surface area contributed by atoms with Gasteiger partial charge in [0, 0.05) is 6.42 Å². The average Bonchev–Trinajstić information content (AvgIpc) is 2.67. The highest BCUT2D eigenvalue weighted by atomic mass is 16.5. The van der Waals surface area contributed by atoms with Crippen molar-refractivity contribution in [3.8, 4) is 5.75 Å². The standard InChI is InChI=1S/C18H29NO/c1-14(2)13-19-11-6-5-8-15-9-7-10-16-12-18(3,4)20-17(15)16/h7,9-10,14,19H,5-6,8,11-13H2,1-4H3.